The van der Waals surface area contributed by atoms with E-state index in [4.69, 9.17) is 4.98 Å². The number of imidazole rings is 1. The van der Waals surface area contributed by atoms with Crippen LogP contribution < -0.4 is 21.3 Å². The van der Waals surface area contributed by atoms with Crippen molar-refractivity contribution in [1.82, 2.24) is 9.55 Å². The van der Waals surface area contributed by atoms with Crippen molar-refractivity contribution in [1.29, 1.82) is 0 Å². The van der Waals surface area contributed by atoms with Crippen molar-refractivity contribution < 1.29 is 0 Å². The average molecular weight is 604 g/mol. The van der Waals surface area contributed by atoms with Crippen LogP contribution in [0.4, 0.5) is 11.4 Å². The first kappa shape index (κ1) is 31.4. The lowest BCUT2D eigenvalue weighted by molar-refractivity contribution is 0.591. The van der Waals surface area contributed by atoms with Crippen LogP contribution in [0, 0.1) is 13.8 Å². The molecule has 0 fully saturated rings. The van der Waals surface area contributed by atoms with Gasteiger partial charge in [-0.3, -0.25) is 4.57 Å². The number of hydrogen-bond acceptors (Lipinski definition) is 2. The van der Waals surface area contributed by atoms with Gasteiger partial charge < -0.3 is 4.90 Å². The fourth-order valence-corrected chi connectivity index (χ4v) is 7.37. The van der Waals surface area contributed by atoms with E-state index in [-0.39, 0.29) is 12.1 Å². The van der Waals surface area contributed by atoms with Crippen LogP contribution in [-0.2, 0) is 5.41 Å². The molecule has 1 aromatic heterocycles. The topological polar surface area (TPSA) is 21.1 Å². The molecule has 0 saturated carbocycles. The van der Waals surface area contributed by atoms with Crippen LogP contribution in [0.2, 0.25) is 0 Å². The van der Waals surface area contributed by atoms with Crippen LogP contribution in [0.5, 0.6) is 0 Å². The summed E-state index contributed by atoms with van der Waals surface area (Å²) in [6, 6.07) is 22.7. The van der Waals surface area contributed by atoms with E-state index in [1.807, 2.05) is 12.5 Å². The van der Waals surface area contributed by atoms with Gasteiger partial charge in [0.15, 0.2) is 0 Å². The Bertz CT molecular complexity index is 2040. The highest BCUT2D eigenvalue weighted by Gasteiger charge is 2.44. The van der Waals surface area contributed by atoms with Gasteiger partial charge in [-0.25, -0.2) is 4.98 Å². The van der Waals surface area contributed by atoms with Gasteiger partial charge in [0.1, 0.15) is 6.33 Å². The van der Waals surface area contributed by atoms with Gasteiger partial charge in [-0.2, -0.15) is 0 Å². The van der Waals surface area contributed by atoms with Crippen molar-refractivity contribution >= 4 is 51.1 Å². The molecule has 0 spiro atoms. The molecule has 0 N–H and O–H groups in total. The smallest absolute Gasteiger partial charge is 0.252 e. The van der Waals surface area contributed by atoms with Crippen LogP contribution >= 0.6 is 0 Å². The van der Waals surface area contributed by atoms with Crippen molar-refractivity contribution in [2.45, 2.75) is 74.1 Å². The minimum atomic E-state index is -0.00810. The number of nitrogens with zero attached hydrogens (tertiary/aromatic N) is 3. The molecule has 0 bridgehead atoms. The molecule has 5 aromatic rings. The summed E-state index contributed by atoms with van der Waals surface area (Å²) in [5, 5.41) is 0. The standard InChI is InChI=1S/C39H38BN3.C3H8/c1-9-15-26(10-2)29-22-30(27-16-13-12-14-17-27)37-34-36(29)42(11-3)35-25(5)18-24(4)19-31(35)40(34)32-20-28(39(6,7)8)21-33-38(32)43(37)23-41-33;1-3-2/h9-23H,3H2,1-2,4-8H3;3H2,1-2H3/b15-9-,26-10+;. The fourth-order valence-electron chi connectivity index (χ4n) is 7.37. The number of hydrogen-bond donors (Lipinski definition) is 0. The molecule has 7 rings (SSSR count). The van der Waals surface area contributed by atoms with Crippen LogP contribution in [0.25, 0.3) is 33.4 Å². The lowest BCUT2D eigenvalue weighted by atomic mass is 9.33. The average Bonchev–Trinajstić information content (AvgIpc) is 3.46. The van der Waals surface area contributed by atoms with E-state index in [0.717, 1.165) is 5.52 Å². The number of rotatable bonds is 4. The third-order valence-electron chi connectivity index (χ3n) is 9.19. The van der Waals surface area contributed by atoms with Gasteiger partial charge in [0.2, 0.25) is 0 Å². The number of aromatic nitrogens is 2. The second-order valence-corrected chi connectivity index (χ2v) is 13.7. The Morgan fingerprint density at radius 2 is 1.63 bits per heavy atom. The monoisotopic (exact) mass is 603 g/mol. The summed E-state index contributed by atoms with van der Waals surface area (Å²) < 4.78 is 2.36. The molecule has 0 atom stereocenters. The van der Waals surface area contributed by atoms with Crippen molar-refractivity contribution in [3.05, 3.63) is 120 Å². The molecule has 3 nitrogen and oxygen atoms in total. The van der Waals surface area contributed by atoms with E-state index in [1.54, 1.807) is 0 Å². The van der Waals surface area contributed by atoms with Crippen molar-refractivity contribution in [2.24, 2.45) is 0 Å². The maximum absolute atomic E-state index is 5.06. The molecule has 0 saturated heterocycles. The van der Waals surface area contributed by atoms with E-state index in [0.29, 0.717) is 0 Å². The summed E-state index contributed by atoms with van der Waals surface area (Å²) in [4.78, 5) is 7.41. The van der Waals surface area contributed by atoms with Gasteiger partial charge >= 0.3 is 0 Å². The largest absolute Gasteiger partial charge is 0.318 e. The minimum Gasteiger partial charge on any atom is -0.318 e. The normalized spacial score (nSPS) is 13.5. The number of benzene rings is 4. The molecule has 232 valence electrons. The molecular formula is C42H46BN3. The highest BCUT2D eigenvalue weighted by atomic mass is 15.1. The van der Waals surface area contributed by atoms with Crippen molar-refractivity contribution in [2.75, 3.05) is 4.90 Å². The highest BCUT2D eigenvalue weighted by Crippen LogP contribution is 2.44. The van der Waals surface area contributed by atoms with Gasteiger partial charge in [0, 0.05) is 23.0 Å². The summed E-state index contributed by atoms with van der Waals surface area (Å²) in [5.74, 6) is 0. The van der Waals surface area contributed by atoms with Crippen molar-refractivity contribution in [3.8, 4) is 16.8 Å². The maximum Gasteiger partial charge on any atom is 0.252 e. The fraction of sp³-hybridized carbons (Fsp3) is 0.262. The molecule has 4 aromatic carbocycles. The molecule has 2 aliphatic rings. The SMILES string of the molecule is C=CN1c2c(C)cc(C)cc2B2c3c1c(C(/C=C\C)=C/C)cc(-c1ccccc1)c3-n1cnc3cc(C(C)(C)C)cc2c31.CCC. The zero-order chi connectivity index (χ0) is 32.9. The summed E-state index contributed by atoms with van der Waals surface area (Å²) in [6.45, 7) is 24.3. The van der Waals surface area contributed by atoms with Crippen LogP contribution in [0.15, 0.2) is 98.0 Å². The Kier molecular flexibility index (Phi) is 8.19. The first-order valence-electron chi connectivity index (χ1n) is 16.7. The van der Waals surface area contributed by atoms with Crippen LogP contribution in [0.1, 0.15) is 77.1 Å². The van der Waals surface area contributed by atoms with E-state index < -0.39 is 0 Å². The Morgan fingerprint density at radius 1 is 0.913 bits per heavy atom. The Morgan fingerprint density at radius 3 is 2.26 bits per heavy atom. The molecular weight excluding hydrogens is 557 g/mol. The third-order valence-corrected chi connectivity index (χ3v) is 9.19. The number of fused-ring (bicyclic) bond motifs is 4. The van der Waals surface area contributed by atoms with Crippen LogP contribution in [0.3, 0.4) is 0 Å². The second kappa shape index (κ2) is 12.0. The molecule has 0 amide bonds. The molecule has 0 aliphatic carbocycles. The molecule has 3 heterocycles. The summed E-state index contributed by atoms with van der Waals surface area (Å²) in [5.41, 5.74) is 18.5. The van der Waals surface area contributed by atoms with Gasteiger partial charge in [-0.1, -0.05) is 120 Å². The zero-order valence-electron chi connectivity index (χ0n) is 29.0. The summed E-state index contributed by atoms with van der Waals surface area (Å²) >= 11 is 0. The predicted octanol–water partition coefficient (Wildman–Crippen LogP) is 9.43. The molecule has 2 aliphatic heterocycles. The Hall–Kier alpha value is -4.57. The third kappa shape index (κ3) is 4.86. The number of anilines is 2. The number of allylic oxidation sites excluding steroid dienone is 4. The summed E-state index contributed by atoms with van der Waals surface area (Å²) in [6.07, 6.45) is 11.9. The first-order valence-corrected chi connectivity index (χ1v) is 16.7. The quantitative estimate of drug-likeness (QED) is 0.148. The van der Waals surface area contributed by atoms with E-state index in [9.17, 15) is 0 Å². The van der Waals surface area contributed by atoms with E-state index in [2.05, 4.69) is 157 Å². The maximum atomic E-state index is 5.06. The van der Waals surface area contributed by atoms with Gasteiger partial charge in [0.05, 0.1) is 22.4 Å². The predicted molar refractivity (Wildman–Crippen MR) is 203 cm³/mol. The van der Waals surface area contributed by atoms with Gasteiger partial charge in [0.25, 0.3) is 6.71 Å². The lowest BCUT2D eigenvalue weighted by Crippen LogP contribution is -2.61. The highest BCUT2D eigenvalue weighted by molar-refractivity contribution is 7.00. The zero-order valence-corrected chi connectivity index (χ0v) is 29.0. The molecule has 46 heavy (non-hydrogen) atoms. The molecule has 0 radical (unpaired) electrons. The van der Waals surface area contributed by atoms with Crippen molar-refractivity contribution in [3.63, 3.8) is 0 Å². The van der Waals surface area contributed by atoms with Gasteiger partial charge in [-0.15, -0.1) is 0 Å². The lowest BCUT2D eigenvalue weighted by Gasteiger charge is -2.42. The van der Waals surface area contributed by atoms with Gasteiger partial charge in [-0.05, 0) is 83.9 Å². The van der Waals surface area contributed by atoms with E-state index in [1.165, 1.54) is 84.3 Å². The summed E-state index contributed by atoms with van der Waals surface area (Å²) in [7, 11) is 0. The molecule has 4 heteroatoms. The Labute approximate surface area is 276 Å². The van der Waals surface area contributed by atoms with Crippen LogP contribution in [-0.4, -0.2) is 16.3 Å². The first-order chi connectivity index (χ1) is 22.1. The Balaban J connectivity index is 0.00000119. The minimum absolute atomic E-state index is 0.00810. The number of aryl methyl sites for hydroxylation is 2. The van der Waals surface area contributed by atoms with E-state index >= 15 is 0 Å². The second-order valence-electron chi connectivity index (χ2n) is 13.7. The molecule has 0 unspecified atom stereocenters.